The molecule has 0 radical (unpaired) electrons. The van der Waals surface area contributed by atoms with Crippen LogP contribution in [0.5, 0.6) is 0 Å². The molecule has 3 atom stereocenters. The number of rotatable bonds is 2. The molecular formula is C9H15ClN4O3. The van der Waals surface area contributed by atoms with Gasteiger partial charge in [0.2, 0.25) is 0 Å². The minimum atomic E-state index is -0.479. The Morgan fingerprint density at radius 3 is 2.88 bits per heavy atom. The number of hydrogen-bond acceptors (Lipinski definition) is 6. The zero-order chi connectivity index (χ0) is 11.7. The third kappa shape index (κ3) is 2.75. The zero-order valence-corrected chi connectivity index (χ0v) is 9.84. The smallest absolute Gasteiger partial charge is 0.351 e. The van der Waals surface area contributed by atoms with Crippen LogP contribution in [0.3, 0.4) is 0 Å². The van der Waals surface area contributed by atoms with E-state index in [0.29, 0.717) is 6.42 Å². The summed E-state index contributed by atoms with van der Waals surface area (Å²) in [5.74, 6) is 0.169. The maximum Gasteiger partial charge on any atom is 0.351 e. The lowest BCUT2D eigenvalue weighted by molar-refractivity contribution is -0.0270. The van der Waals surface area contributed by atoms with Crippen molar-refractivity contribution < 1.29 is 9.84 Å². The lowest BCUT2D eigenvalue weighted by Gasteiger charge is -2.14. The first-order valence-corrected chi connectivity index (χ1v) is 4.98. The molecule has 17 heavy (non-hydrogen) atoms. The highest BCUT2D eigenvalue weighted by molar-refractivity contribution is 5.85. The molecule has 2 heterocycles. The Bertz CT molecular complexity index is 438. The molecule has 0 aromatic carbocycles. The van der Waals surface area contributed by atoms with E-state index in [1.165, 1.54) is 16.8 Å². The van der Waals surface area contributed by atoms with Crippen LogP contribution in [-0.2, 0) is 4.74 Å². The minimum absolute atomic E-state index is 0. The first-order chi connectivity index (χ1) is 7.61. The molecule has 0 bridgehead atoms. The predicted octanol–water partition coefficient (Wildman–Crippen LogP) is -1.15. The van der Waals surface area contributed by atoms with E-state index in [0.717, 1.165) is 0 Å². The number of ether oxygens (including phenoxy) is 1. The van der Waals surface area contributed by atoms with Gasteiger partial charge in [-0.15, -0.1) is 12.4 Å². The van der Waals surface area contributed by atoms with E-state index in [4.69, 9.17) is 21.3 Å². The highest BCUT2D eigenvalue weighted by atomic mass is 35.5. The van der Waals surface area contributed by atoms with Crippen molar-refractivity contribution in [2.75, 3.05) is 12.3 Å². The fourth-order valence-electron chi connectivity index (χ4n) is 1.75. The van der Waals surface area contributed by atoms with Gasteiger partial charge in [0.05, 0.1) is 12.7 Å². The van der Waals surface area contributed by atoms with E-state index in [1.807, 2.05) is 0 Å². The van der Waals surface area contributed by atoms with Gasteiger partial charge in [0, 0.05) is 18.7 Å². The highest BCUT2D eigenvalue weighted by Gasteiger charge is 2.33. The van der Waals surface area contributed by atoms with Crippen LogP contribution in [0, 0.1) is 0 Å². The third-order valence-electron chi connectivity index (χ3n) is 2.62. The number of anilines is 1. The Morgan fingerprint density at radius 1 is 1.65 bits per heavy atom. The van der Waals surface area contributed by atoms with E-state index in [9.17, 15) is 4.79 Å². The Labute approximate surface area is 104 Å². The van der Waals surface area contributed by atoms with E-state index in [1.54, 1.807) is 0 Å². The standard InChI is InChI=1S/C9H14N4O3.ClH/c10-5-3-8(16-6(5)4-14)13-2-1-7(11)12-9(13)15;/h1-2,5-6,8,14H,3-4,10H2,(H2,11,12,15);1H/t5-,6+,8+;/m0./s1. The van der Waals surface area contributed by atoms with Gasteiger partial charge in [-0.05, 0) is 6.07 Å². The first kappa shape index (κ1) is 13.9. The number of aromatic nitrogens is 2. The second kappa shape index (κ2) is 5.46. The summed E-state index contributed by atoms with van der Waals surface area (Å²) < 4.78 is 6.76. The van der Waals surface area contributed by atoms with Gasteiger partial charge in [-0.1, -0.05) is 0 Å². The van der Waals surface area contributed by atoms with Gasteiger partial charge in [-0.3, -0.25) is 4.57 Å². The summed E-state index contributed by atoms with van der Waals surface area (Å²) in [7, 11) is 0. The van der Waals surface area contributed by atoms with Gasteiger partial charge in [-0.2, -0.15) is 4.98 Å². The molecule has 1 saturated heterocycles. The second-order valence-corrected chi connectivity index (χ2v) is 3.75. The monoisotopic (exact) mass is 262 g/mol. The predicted molar refractivity (Wildman–Crippen MR) is 63.7 cm³/mol. The molecule has 0 saturated carbocycles. The molecule has 1 aliphatic rings. The van der Waals surface area contributed by atoms with Gasteiger partial charge < -0.3 is 21.3 Å². The summed E-state index contributed by atoms with van der Waals surface area (Å²) in [6.45, 7) is -0.158. The van der Waals surface area contributed by atoms with Crippen LogP contribution in [0.1, 0.15) is 12.6 Å². The molecule has 5 N–H and O–H groups in total. The van der Waals surface area contributed by atoms with Crippen molar-refractivity contribution in [1.29, 1.82) is 0 Å². The first-order valence-electron chi connectivity index (χ1n) is 4.98. The van der Waals surface area contributed by atoms with Crippen molar-refractivity contribution in [3.8, 4) is 0 Å². The summed E-state index contributed by atoms with van der Waals surface area (Å²) in [5.41, 5.74) is 10.7. The summed E-state index contributed by atoms with van der Waals surface area (Å²) in [4.78, 5) is 15.1. The lowest BCUT2D eigenvalue weighted by atomic mass is 10.1. The number of hydrogen-bond donors (Lipinski definition) is 3. The van der Waals surface area contributed by atoms with Crippen LogP contribution in [0.15, 0.2) is 17.1 Å². The molecule has 0 aliphatic carbocycles. The third-order valence-corrected chi connectivity index (χ3v) is 2.62. The van der Waals surface area contributed by atoms with Crippen molar-refractivity contribution in [1.82, 2.24) is 9.55 Å². The van der Waals surface area contributed by atoms with Crippen molar-refractivity contribution in [2.45, 2.75) is 24.8 Å². The van der Waals surface area contributed by atoms with E-state index >= 15 is 0 Å². The van der Waals surface area contributed by atoms with Crippen molar-refractivity contribution in [3.05, 3.63) is 22.7 Å². The number of nitrogen functional groups attached to an aromatic ring is 1. The molecule has 1 fully saturated rings. The normalized spacial score (nSPS) is 27.8. The molecule has 1 aromatic rings. The van der Waals surface area contributed by atoms with Crippen LogP contribution in [0.4, 0.5) is 5.82 Å². The molecule has 0 unspecified atom stereocenters. The number of aliphatic hydroxyl groups excluding tert-OH is 1. The average molecular weight is 263 g/mol. The highest BCUT2D eigenvalue weighted by Crippen LogP contribution is 2.25. The summed E-state index contributed by atoms with van der Waals surface area (Å²) in [6.07, 6.45) is 1.07. The zero-order valence-electron chi connectivity index (χ0n) is 9.02. The van der Waals surface area contributed by atoms with E-state index in [-0.39, 0.29) is 30.9 Å². The molecule has 1 aromatic heterocycles. The van der Waals surface area contributed by atoms with Gasteiger partial charge in [-0.25, -0.2) is 4.79 Å². The topological polar surface area (TPSA) is 116 Å². The summed E-state index contributed by atoms with van der Waals surface area (Å²) in [6, 6.07) is 1.24. The maximum atomic E-state index is 11.5. The number of nitrogens with two attached hydrogens (primary N) is 2. The van der Waals surface area contributed by atoms with Crippen molar-refractivity contribution >= 4 is 18.2 Å². The largest absolute Gasteiger partial charge is 0.394 e. The molecule has 96 valence electrons. The van der Waals surface area contributed by atoms with Gasteiger partial charge >= 0.3 is 5.69 Å². The lowest BCUT2D eigenvalue weighted by Crippen LogP contribution is -2.32. The SMILES string of the molecule is Cl.Nc1ccn([C@H]2C[C@H](N)[C@@H](CO)O2)c(=O)n1. The van der Waals surface area contributed by atoms with Gasteiger partial charge in [0.25, 0.3) is 0 Å². The van der Waals surface area contributed by atoms with Gasteiger partial charge in [0.1, 0.15) is 12.0 Å². The molecule has 1 aliphatic heterocycles. The Kier molecular flexibility index (Phi) is 4.47. The number of halogens is 1. The van der Waals surface area contributed by atoms with Crippen LogP contribution in [-0.4, -0.2) is 33.4 Å². The van der Waals surface area contributed by atoms with E-state index in [2.05, 4.69) is 4.98 Å². The molecule has 8 heteroatoms. The molecule has 0 spiro atoms. The Balaban J connectivity index is 0.00000144. The fraction of sp³-hybridized carbons (Fsp3) is 0.556. The van der Waals surface area contributed by atoms with Crippen molar-refractivity contribution in [2.24, 2.45) is 5.73 Å². The Hall–Kier alpha value is -1.15. The average Bonchev–Trinajstić information content (AvgIpc) is 2.59. The van der Waals surface area contributed by atoms with Crippen LogP contribution in [0.2, 0.25) is 0 Å². The van der Waals surface area contributed by atoms with Crippen LogP contribution < -0.4 is 17.2 Å². The molecule has 7 nitrogen and oxygen atoms in total. The van der Waals surface area contributed by atoms with Gasteiger partial charge in [0.15, 0.2) is 0 Å². The number of nitrogens with zero attached hydrogens (tertiary/aromatic N) is 2. The summed E-state index contributed by atoms with van der Waals surface area (Å²) in [5, 5.41) is 8.99. The minimum Gasteiger partial charge on any atom is -0.394 e. The molecule has 2 rings (SSSR count). The fourth-order valence-corrected chi connectivity index (χ4v) is 1.75. The maximum absolute atomic E-state index is 11.5. The molecular weight excluding hydrogens is 248 g/mol. The van der Waals surface area contributed by atoms with Crippen LogP contribution >= 0.6 is 12.4 Å². The van der Waals surface area contributed by atoms with E-state index < -0.39 is 18.0 Å². The quantitative estimate of drug-likeness (QED) is 0.620. The van der Waals surface area contributed by atoms with Crippen LogP contribution in [0.25, 0.3) is 0 Å². The number of aliphatic hydroxyl groups is 1. The van der Waals surface area contributed by atoms with Crippen molar-refractivity contribution in [3.63, 3.8) is 0 Å². The second-order valence-electron chi connectivity index (χ2n) is 3.75. The summed E-state index contributed by atoms with van der Waals surface area (Å²) >= 11 is 0. The Morgan fingerprint density at radius 2 is 2.35 bits per heavy atom. The molecule has 0 amide bonds.